The molecule has 23 heteroatoms. The maximum atomic E-state index is 12.4. The van der Waals surface area contributed by atoms with Crippen LogP contribution < -0.4 is 9.79 Å². The maximum Gasteiger partial charge on any atom is 2.00 e. The molecule has 0 aliphatic heterocycles. The van der Waals surface area contributed by atoms with Crippen molar-refractivity contribution in [3.05, 3.63) is 46.0 Å². The minimum Gasteiger partial charge on any atom is -0.755 e. The molecule has 0 saturated heterocycles. The molecule has 2 atom stereocenters. The van der Waals surface area contributed by atoms with Gasteiger partial charge in [0.25, 0.3) is 15.6 Å². The molecule has 242 valence electrons. The Kier molecular flexibility index (Phi) is 16.3. The van der Waals surface area contributed by atoms with E-state index in [1.165, 1.54) is 13.8 Å². The Hall–Kier alpha value is -2.42. The van der Waals surface area contributed by atoms with E-state index < -0.39 is 78.5 Å². The smallest absolute Gasteiger partial charge is 0.755 e. The first-order chi connectivity index (χ1) is 20.5. The minimum absolute atomic E-state index is 0. The van der Waals surface area contributed by atoms with Gasteiger partial charge in [0.15, 0.2) is 12.6 Å². The standard InChI is InChI=1S/C22H28N4O16P2.Ca/c1-13-21(33)17(9-27)15(5-23-13)11-39-43(35,36)41-25(7-19(29)30)3-4-26(8-20(31)32)42-44(37,38)40-12-16-6-24-14(2)22(34)18(16)10-28;/h5-6,9-10,33-34H,3-4,7-8,11-12H2,1-2H3,(H,29,30)(H,31,32)(H,35,36)(H,37,38);/q;+2/p-2. The van der Waals surface area contributed by atoms with E-state index in [4.69, 9.17) is 10.2 Å². The first kappa shape index (κ1) is 40.6. The maximum absolute atomic E-state index is 12.4. The molecule has 4 N–H and O–H groups in total. The van der Waals surface area contributed by atoms with Gasteiger partial charge >= 0.3 is 49.7 Å². The van der Waals surface area contributed by atoms with Gasteiger partial charge < -0.3 is 39.3 Å². The van der Waals surface area contributed by atoms with Gasteiger partial charge in [0.2, 0.25) is 0 Å². The number of aryl methyl sites for hydroxylation is 2. The molecule has 45 heavy (non-hydrogen) atoms. The quantitative estimate of drug-likeness (QED) is 0.0593. The number of aldehydes is 2. The predicted molar refractivity (Wildman–Crippen MR) is 143 cm³/mol. The second-order valence-corrected chi connectivity index (χ2v) is 11.2. The van der Waals surface area contributed by atoms with Crippen molar-refractivity contribution in [1.29, 1.82) is 0 Å². The Morgan fingerprint density at radius 1 is 0.800 bits per heavy atom. The normalized spacial score (nSPS) is 13.9. The van der Waals surface area contributed by atoms with Gasteiger partial charge in [0.1, 0.15) is 24.6 Å². The van der Waals surface area contributed by atoms with Crippen LogP contribution in [0.25, 0.3) is 0 Å². The zero-order valence-corrected chi connectivity index (χ0v) is 27.6. The van der Waals surface area contributed by atoms with Crippen LogP contribution in [0.4, 0.5) is 0 Å². The van der Waals surface area contributed by atoms with Gasteiger partial charge in [-0.2, -0.15) is 10.1 Å². The molecule has 0 spiro atoms. The molecule has 2 rings (SSSR count). The molecule has 0 amide bonds. The summed E-state index contributed by atoms with van der Waals surface area (Å²) in [5.41, 5.74) is -0.799. The van der Waals surface area contributed by atoms with Gasteiger partial charge in [-0.3, -0.25) is 38.3 Å². The van der Waals surface area contributed by atoms with Gasteiger partial charge in [-0.05, 0) is 13.8 Å². The molecule has 20 nitrogen and oxygen atoms in total. The first-order valence-corrected chi connectivity index (χ1v) is 14.9. The summed E-state index contributed by atoms with van der Waals surface area (Å²) in [6, 6.07) is 0. The Balaban J connectivity index is 0.0000101. The third-order valence-electron chi connectivity index (χ3n) is 5.36. The summed E-state index contributed by atoms with van der Waals surface area (Å²) in [7, 11) is -10.8. The van der Waals surface area contributed by atoms with Crippen molar-refractivity contribution >= 4 is 77.9 Å². The number of phosphoric acid groups is 2. The number of hydroxylamine groups is 4. The van der Waals surface area contributed by atoms with Crippen molar-refractivity contribution in [3.8, 4) is 11.5 Å². The number of carbonyl (C=O) groups is 4. The SMILES string of the molecule is Cc1ncc(COP(=O)([O-])ON(CCN(CC(=O)O)OP(=O)([O-])OCc2cnc(C)c(O)c2C=O)CC(=O)O)c(C=O)c1O.[Ca+2]. The van der Waals surface area contributed by atoms with Crippen molar-refractivity contribution in [3.63, 3.8) is 0 Å². The average Bonchev–Trinajstić information content (AvgIpc) is 2.92. The predicted octanol–water partition coefficient (Wildman–Crippen LogP) is -0.945. The van der Waals surface area contributed by atoms with E-state index in [2.05, 4.69) is 28.3 Å². The van der Waals surface area contributed by atoms with E-state index >= 15 is 0 Å². The summed E-state index contributed by atoms with van der Waals surface area (Å²) in [5.74, 6) is -4.28. The molecule has 0 saturated carbocycles. The van der Waals surface area contributed by atoms with Crippen molar-refractivity contribution in [2.75, 3.05) is 26.2 Å². The molecule has 0 aliphatic rings. The fourth-order valence-corrected chi connectivity index (χ4v) is 4.78. The molecule has 0 bridgehead atoms. The molecule has 0 radical (unpaired) electrons. The number of nitrogens with zero attached hydrogens (tertiary/aromatic N) is 4. The molecule has 2 unspecified atom stereocenters. The molecule has 0 aliphatic carbocycles. The number of rotatable bonds is 19. The Labute approximate surface area is 284 Å². The Bertz CT molecular complexity index is 1390. The number of carboxylic acids is 2. The van der Waals surface area contributed by atoms with Crippen molar-refractivity contribution < 1.29 is 76.8 Å². The van der Waals surface area contributed by atoms with Crippen molar-refractivity contribution in [2.24, 2.45) is 0 Å². The monoisotopic (exact) mass is 704 g/mol. The summed E-state index contributed by atoms with van der Waals surface area (Å²) < 4.78 is 43.3. The number of hydrogen-bond acceptors (Lipinski definition) is 18. The van der Waals surface area contributed by atoms with Gasteiger partial charge in [0.05, 0.1) is 35.7 Å². The zero-order valence-electron chi connectivity index (χ0n) is 23.6. The summed E-state index contributed by atoms with van der Waals surface area (Å²) >= 11 is 0. The number of carboxylic acid groups (broad SMARTS) is 2. The molecule has 0 fully saturated rings. The summed E-state index contributed by atoms with van der Waals surface area (Å²) in [6.07, 6.45) is 2.56. The molecular formula is C22H26CaN4O16P2. The van der Waals surface area contributed by atoms with Gasteiger partial charge in [-0.25, -0.2) is 9.25 Å². The van der Waals surface area contributed by atoms with E-state index in [0.717, 1.165) is 12.4 Å². The van der Waals surface area contributed by atoms with E-state index in [0.29, 0.717) is 0 Å². The average molecular weight is 704 g/mol. The van der Waals surface area contributed by atoms with Crippen molar-refractivity contribution in [1.82, 2.24) is 20.1 Å². The summed E-state index contributed by atoms with van der Waals surface area (Å²) in [6.45, 7) is -2.82. The van der Waals surface area contributed by atoms with Crippen LogP contribution in [0.5, 0.6) is 11.5 Å². The number of phosphoric ester groups is 2. The molecule has 2 heterocycles. The fraction of sp³-hybridized carbons (Fsp3) is 0.364. The third kappa shape index (κ3) is 13.1. The van der Waals surface area contributed by atoms with Gasteiger partial charge in [0, 0.05) is 36.6 Å². The Morgan fingerprint density at radius 2 is 1.13 bits per heavy atom. The Morgan fingerprint density at radius 3 is 1.42 bits per heavy atom. The van der Waals surface area contributed by atoms with Crippen molar-refractivity contribution in [2.45, 2.75) is 27.1 Å². The fourth-order valence-electron chi connectivity index (χ4n) is 3.25. The van der Waals surface area contributed by atoms with Crippen LogP contribution in [0.2, 0.25) is 0 Å². The van der Waals surface area contributed by atoms with Crippen LogP contribution in [0.1, 0.15) is 43.2 Å². The van der Waals surface area contributed by atoms with E-state index in [1.54, 1.807) is 0 Å². The summed E-state index contributed by atoms with van der Waals surface area (Å²) in [4.78, 5) is 77.4. The van der Waals surface area contributed by atoms with E-state index in [9.17, 15) is 48.3 Å². The van der Waals surface area contributed by atoms with Crippen LogP contribution in [-0.2, 0) is 50.2 Å². The second kappa shape index (κ2) is 18.1. The molecule has 0 aromatic carbocycles. The number of pyridine rings is 2. The van der Waals surface area contributed by atoms with Gasteiger partial charge in [-0.15, -0.1) is 0 Å². The number of hydrogen-bond donors (Lipinski definition) is 4. The topological polar surface area (TPSA) is 299 Å². The number of aliphatic carboxylic acids is 2. The van der Waals surface area contributed by atoms with E-state index in [-0.39, 0.29) is 94.1 Å². The largest absolute Gasteiger partial charge is 2.00 e. The first-order valence-electron chi connectivity index (χ1n) is 12.0. The summed E-state index contributed by atoms with van der Waals surface area (Å²) in [5, 5.41) is 38.7. The van der Waals surface area contributed by atoms with Crippen LogP contribution in [0, 0.1) is 13.8 Å². The van der Waals surface area contributed by atoms with Crippen LogP contribution in [0.15, 0.2) is 12.4 Å². The van der Waals surface area contributed by atoms with Crippen LogP contribution >= 0.6 is 15.6 Å². The van der Waals surface area contributed by atoms with E-state index in [1.807, 2.05) is 0 Å². The second-order valence-electron chi connectivity index (χ2n) is 8.62. The van der Waals surface area contributed by atoms with Crippen LogP contribution in [0.3, 0.4) is 0 Å². The van der Waals surface area contributed by atoms with Crippen LogP contribution in [-0.4, -0.2) is 129 Å². The number of carbonyl (C=O) groups excluding carboxylic acids is 2. The minimum atomic E-state index is -5.40. The zero-order chi connectivity index (χ0) is 33.2. The van der Waals surface area contributed by atoms with Gasteiger partial charge in [-0.1, -0.05) is 0 Å². The molecule has 2 aromatic heterocycles. The number of aromatic nitrogens is 2. The molecule has 2 aromatic rings. The number of aromatic hydroxyl groups is 2. The third-order valence-corrected chi connectivity index (χ3v) is 7.11. The molecular weight excluding hydrogens is 678 g/mol.